The number of hydrogen-bond donors (Lipinski definition) is 2. The van der Waals surface area contributed by atoms with E-state index in [0.717, 1.165) is 10.9 Å². The zero-order valence-corrected chi connectivity index (χ0v) is 11.5. The van der Waals surface area contributed by atoms with Crippen LogP contribution >= 0.6 is 0 Å². The first-order valence-electron chi connectivity index (χ1n) is 6.12. The van der Waals surface area contributed by atoms with Crippen molar-refractivity contribution in [1.29, 1.82) is 0 Å². The van der Waals surface area contributed by atoms with E-state index in [2.05, 4.69) is 15.6 Å². The number of amides is 1. The minimum absolute atomic E-state index is 0.155. The van der Waals surface area contributed by atoms with Crippen molar-refractivity contribution < 1.29 is 19.4 Å². The van der Waals surface area contributed by atoms with Crippen molar-refractivity contribution in [2.24, 2.45) is 0 Å². The molecule has 1 heterocycles. The predicted molar refractivity (Wildman–Crippen MR) is 73.3 cm³/mol. The van der Waals surface area contributed by atoms with Crippen LogP contribution in [0.2, 0.25) is 0 Å². The number of nitrogens with one attached hydrogen (secondary N) is 1. The van der Waals surface area contributed by atoms with E-state index in [9.17, 15) is 9.59 Å². The van der Waals surface area contributed by atoms with Gasteiger partial charge in [-0.05, 0) is 19.1 Å². The second kappa shape index (κ2) is 6.04. The second-order valence-electron chi connectivity index (χ2n) is 4.23. The predicted octanol–water partition coefficient (Wildman–Crippen LogP) is 1.18. The third-order valence-corrected chi connectivity index (χ3v) is 2.91. The monoisotopic (exact) mass is 290 g/mol. The van der Waals surface area contributed by atoms with Crippen molar-refractivity contribution in [3.8, 4) is 5.75 Å². The summed E-state index contributed by atoms with van der Waals surface area (Å²) in [5.41, 5.74) is 0.339. The lowest BCUT2D eigenvalue weighted by Gasteiger charge is -2.15. The number of benzene rings is 1. The standard InChI is InChI=1S/C13H14N4O4/c1-8(17-10(13(19)20)7-14-16-17)12(18)15-9-5-3-4-6-11(9)21-2/h3-8H,1-2H3,(H,15,18)(H,19,20). The normalized spacial score (nSPS) is 11.7. The van der Waals surface area contributed by atoms with Crippen LogP contribution < -0.4 is 10.1 Å². The van der Waals surface area contributed by atoms with Gasteiger partial charge in [0.1, 0.15) is 11.8 Å². The first kappa shape index (κ1) is 14.5. The molecule has 1 aromatic carbocycles. The lowest BCUT2D eigenvalue weighted by molar-refractivity contribution is -0.119. The summed E-state index contributed by atoms with van der Waals surface area (Å²) in [5, 5.41) is 18.8. The fraction of sp³-hybridized carbons (Fsp3) is 0.231. The Morgan fingerprint density at radius 1 is 1.38 bits per heavy atom. The lowest BCUT2D eigenvalue weighted by atomic mass is 10.2. The van der Waals surface area contributed by atoms with E-state index in [0.29, 0.717) is 11.4 Å². The number of ether oxygens (including phenoxy) is 1. The van der Waals surface area contributed by atoms with Crippen LogP contribution in [0.1, 0.15) is 23.5 Å². The van der Waals surface area contributed by atoms with Crippen LogP contribution in [-0.2, 0) is 4.79 Å². The smallest absolute Gasteiger partial charge is 0.355 e. The third-order valence-electron chi connectivity index (χ3n) is 2.91. The van der Waals surface area contributed by atoms with E-state index in [1.165, 1.54) is 14.0 Å². The second-order valence-corrected chi connectivity index (χ2v) is 4.23. The topological polar surface area (TPSA) is 106 Å². The van der Waals surface area contributed by atoms with E-state index in [4.69, 9.17) is 9.84 Å². The fourth-order valence-electron chi connectivity index (χ4n) is 1.78. The number of rotatable bonds is 5. The number of methoxy groups -OCH3 is 1. The summed E-state index contributed by atoms with van der Waals surface area (Å²) in [6, 6.07) is 6.09. The molecule has 0 fully saturated rings. The van der Waals surface area contributed by atoms with Crippen molar-refractivity contribution in [3.05, 3.63) is 36.2 Å². The Kier molecular flexibility index (Phi) is 4.17. The molecule has 1 unspecified atom stereocenters. The molecule has 1 amide bonds. The summed E-state index contributed by atoms with van der Waals surface area (Å²) < 4.78 is 6.18. The molecule has 110 valence electrons. The number of aromatic nitrogens is 3. The maximum atomic E-state index is 12.2. The largest absolute Gasteiger partial charge is 0.495 e. The molecule has 1 atom stereocenters. The number of anilines is 1. The van der Waals surface area contributed by atoms with Crippen LogP contribution in [0.4, 0.5) is 5.69 Å². The third kappa shape index (κ3) is 2.99. The van der Waals surface area contributed by atoms with Gasteiger partial charge >= 0.3 is 5.97 Å². The summed E-state index contributed by atoms with van der Waals surface area (Å²) in [5.74, 6) is -1.11. The van der Waals surface area contributed by atoms with Gasteiger partial charge in [-0.2, -0.15) is 0 Å². The molecular weight excluding hydrogens is 276 g/mol. The number of aromatic carboxylic acids is 1. The summed E-state index contributed by atoms with van der Waals surface area (Å²) in [6.07, 6.45) is 1.09. The minimum Gasteiger partial charge on any atom is -0.495 e. The maximum absolute atomic E-state index is 12.2. The molecule has 21 heavy (non-hydrogen) atoms. The van der Waals surface area contributed by atoms with Gasteiger partial charge in [0.05, 0.1) is 19.0 Å². The molecule has 0 saturated carbocycles. The Morgan fingerprint density at radius 3 is 2.76 bits per heavy atom. The van der Waals surface area contributed by atoms with Gasteiger partial charge in [-0.1, -0.05) is 17.3 Å². The Hall–Kier alpha value is -2.90. The Labute approximate surface area is 120 Å². The Morgan fingerprint density at radius 2 is 2.10 bits per heavy atom. The molecule has 0 bridgehead atoms. The molecular formula is C13H14N4O4. The molecule has 2 rings (SSSR count). The van der Waals surface area contributed by atoms with Crippen molar-refractivity contribution in [2.45, 2.75) is 13.0 Å². The highest BCUT2D eigenvalue weighted by Gasteiger charge is 2.22. The molecule has 0 aliphatic carbocycles. The van der Waals surface area contributed by atoms with Gasteiger partial charge in [0, 0.05) is 0 Å². The molecule has 8 nitrogen and oxygen atoms in total. The van der Waals surface area contributed by atoms with Crippen molar-refractivity contribution in [1.82, 2.24) is 15.0 Å². The fourth-order valence-corrected chi connectivity index (χ4v) is 1.78. The van der Waals surface area contributed by atoms with Gasteiger partial charge in [0.2, 0.25) is 5.91 Å². The number of hydrogen-bond acceptors (Lipinski definition) is 5. The van der Waals surface area contributed by atoms with Gasteiger partial charge in [0.25, 0.3) is 0 Å². The summed E-state index contributed by atoms with van der Waals surface area (Å²) in [6.45, 7) is 1.53. The van der Waals surface area contributed by atoms with Crippen LogP contribution in [0.3, 0.4) is 0 Å². The summed E-state index contributed by atoms with van der Waals surface area (Å²) >= 11 is 0. The van der Waals surface area contributed by atoms with Gasteiger partial charge < -0.3 is 15.2 Å². The molecule has 0 spiro atoms. The average molecular weight is 290 g/mol. The van der Waals surface area contributed by atoms with Crippen LogP contribution in [0, 0.1) is 0 Å². The average Bonchev–Trinajstić information content (AvgIpc) is 2.96. The van der Waals surface area contributed by atoms with Crippen LogP contribution in [0.25, 0.3) is 0 Å². The van der Waals surface area contributed by atoms with Gasteiger partial charge in [-0.25, -0.2) is 9.48 Å². The molecule has 0 aliphatic rings. The molecule has 1 aromatic heterocycles. The highest BCUT2D eigenvalue weighted by atomic mass is 16.5. The van der Waals surface area contributed by atoms with E-state index in [1.807, 2.05) is 0 Å². The number of carboxylic acid groups (broad SMARTS) is 1. The van der Waals surface area contributed by atoms with E-state index >= 15 is 0 Å². The van der Waals surface area contributed by atoms with E-state index in [-0.39, 0.29) is 5.69 Å². The molecule has 0 radical (unpaired) electrons. The van der Waals surface area contributed by atoms with Crippen LogP contribution in [-0.4, -0.2) is 39.1 Å². The first-order chi connectivity index (χ1) is 10.0. The number of nitrogens with zero attached hydrogens (tertiary/aromatic N) is 3. The number of carbonyl (C=O) groups is 2. The molecule has 0 aliphatic heterocycles. The Balaban J connectivity index is 2.20. The Bertz CT molecular complexity index is 668. The van der Waals surface area contributed by atoms with Gasteiger partial charge in [-0.15, -0.1) is 5.10 Å². The quantitative estimate of drug-likeness (QED) is 0.856. The molecule has 2 aromatic rings. The van der Waals surface area contributed by atoms with Crippen LogP contribution in [0.5, 0.6) is 5.75 Å². The highest BCUT2D eigenvalue weighted by Crippen LogP contribution is 2.24. The number of carboxylic acids is 1. The SMILES string of the molecule is COc1ccccc1NC(=O)C(C)n1nncc1C(=O)O. The van der Waals surface area contributed by atoms with E-state index < -0.39 is 17.9 Å². The maximum Gasteiger partial charge on any atom is 0.355 e. The zero-order chi connectivity index (χ0) is 15.4. The van der Waals surface area contributed by atoms with Gasteiger partial charge in [0.15, 0.2) is 5.69 Å². The minimum atomic E-state index is -1.20. The summed E-state index contributed by atoms with van der Waals surface area (Å²) in [7, 11) is 1.49. The highest BCUT2D eigenvalue weighted by molar-refractivity contribution is 5.95. The van der Waals surface area contributed by atoms with Crippen molar-refractivity contribution in [2.75, 3.05) is 12.4 Å². The molecule has 8 heteroatoms. The molecule has 2 N–H and O–H groups in total. The number of para-hydroxylation sites is 2. The summed E-state index contributed by atoms with van der Waals surface area (Å²) in [4.78, 5) is 23.2. The van der Waals surface area contributed by atoms with Crippen molar-refractivity contribution >= 4 is 17.6 Å². The number of carbonyl (C=O) groups excluding carboxylic acids is 1. The zero-order valence-electron chi connectivity index (χ0n) is 11.5. The van der Waals surface area contributed by atoms with E-state index in [1.54, 1.807) is 24.3 Å². The molecule has 0 saturated heterocycles. The van der Waals surface area contributed by atoms with Crippen molar-refractivity contribution in [3.63, 3.8) is 0 Å². The first-order valence-corrected chi connectivity index (χ1v) is 6.12. The van der Waals surface area contributed by atoms with Gasteiger partial charge in [-0.3, -0.25) is 4.79 Å². The lowest BCUT2D eigenvalue weighted by Crippen LogP contribution is -2.27. The van der Waals surface area contributed by atoms with Crippen LogP contribution in [0.15, 0.2) is 30.5 Å².